The van der Waals surface area contributed by atoms with E-state index in [2.05, 4.69) is 36.5 Å². The number of nitrogens with zero attached hydrogens (tertiary/aromatic N) is 1. The van der Waals surface area contributed by atoms with Crippen LogP contribution in [0, 0.1) is 10.1 Å². The standard InChI is InChI=1S/C17H18N2O2/c1-12-9-10-17(16-8-3-2-7-15(12)16)18-13-5-4-6-14(11-13)19(20)21/h2-8,11-12,17-18H,9-10H2,1H3. The Morgan fingerprint density at radius 3 is 2.62 bits per heavy atom. The third-order valence-electron chi connectivity index (χ3n) is 4.19. The minimum Gasteiger partial charge on any atom is -0.378 e. The van der Waals surface area contributed by atoms with E-state index in [4.69, 9.17) is 0 Å². The minimum atomic E-state index is -0.359. The predicted molar refractivity (Wildman–Crippen MR) is 83.6 cm³/mol. The Morgan fingerprint density at radius 2 is 1.86 bits per heavy atom. The van der Waals surface area contributed by atoms with Gasteiger partial charge < -0.3 is 5.32 Å². The maximum absolute atomic E-state index is 10.9. The molecule has 2 atom stereocenters. The highest BCUT2D eigenvalue weighted by Gasteiger charge is 2.24. The van der Waals surface area contributed by atoms with Crippen molar-refractivity contribution in [3.05, 3.63) is 69.8 Å². The van der Waals surface area contributed by atoms with Crippen LogP contribution in [0.3, 0.4) is 0 Å². The first-order chi connectivity index (χ1) is 10.1. The maximum atomic E-state index is 10.9. The minimum absolute atomic E-state index is 0.123. The molecular formula is C17H18N2O2. The Kier molecular flexibility index (Phi) is 3.60. The molecule has 0 amide bonds. The van der Waals surface area contributed by atoms with Crippen LogP contribution in [0.2, 0.25) is 0 Å². The molecular weight excluding hydrogens is 264 g/mol. The van der Waals surface area contributed by atoms with E-state index in [9.17, 15) is 10.1 Å². The van der Waals surface area contributed by atoms with Gasteiger partial charge in [-0.15, -0.1) is 0 Å². The van der Waals surface area contributed by atoms with Crippen molar-refractivity contribution >= 4 is 11.4 Å². The van der Waals surface area contributed by atoms with E-state index in [1.165, 1.54) is 17.2 Å². The molecule has 4 nitrogen and oxygen atoms in total. The van der Waals surface area contributed by atoms with Crippen LogP contribution in [-0.2, 0) is 0 Å². The van der Waals surface area contributed by atoms with Crippen LogP contribution in [0.5, 0.6) is 0 Å². The van der Waals surface area contributed by atoms with Crippen molar-refractivity contribution in [2.45, 2.75) is 31.7 Å². The lowest BCUT2D eigenvalue weighted by molar-refractivity contribution is -0.384. The Balaban J connectivity index is 1.87. The smallest absolute Gasteiger partial charge is 0.271 e. The molecule has 2 aromatic carbocycles. The van der Waals surface area contributed by atoms with Crippen molar-refractivity contribution in [2.75, 3.05) is 5.32 Å². The quantitative estimate of drug-likeness (QED) is 0.658. The number of rotatable bonds is 3. The van der Waals surface area contributed by atoms with Crippen LogP contribution in [0.15, 0.2) is 48.5 Å². The highest BCUT2D eigenvalue weighted by Crippen LogP contribution is 2.38. The van der Waals surface area contributed by atoms with Gasteiger partial charge in [0.1, 0.15) is 0 Å². The van der Waals surface area contributed by atoms with Gasteiger partial charge in [-0.25, -0.2) is 0 Å². The van der Waals surface area contributed by atoms with Gasteiger partial charge in [-0.05, 0) is 36.0 Å². The highest BCUT2D eigenvalue weighted by atomic mass is 16.6. The van der Waals surface area contributed by atoms with Crippen molar-refractivity contribution in [1.29, 1.82) is 0 Å². The molecule has 0 fully saturated rings. The van der Waals surface area contributed by atoms with Gasteiger partial charge in [0.05, 0.1) is 11.0 Å². The summed E-state index contributed by atoms with van der Waals surface area (Å²) in [4.78, 5) is 10.5. The van der Waals surface area contributed by atoms with E-state index < -0.39 is 0 Å². The number of anilines is 1. The van der Waals surface area contributed by atoms with Crippen LogP contribution in [0.25, 0.3) is 0 Å². The van der Waals surface area contributed by atoms with E-state index in [-0.39, 0.29) is 16.7 Å². The summed E-state index contributed by atoms with van der Waals surface area (Å²) in [5, 5.41) is 14.3. The van der Waals surface area contributed by atoms with Gasteiger partial charge in [-0.3, -0.25) is 10.1 Å². The summed E-state index contributed by atoms with van der Waals surface area (Å²) < 4.78 is 0. The molecule has 0 saturated carbocycles. The average molecular weight is 282 g/mol. The summed E-state index contributed by atoms with van der Waals surface area (Å²) in [7, 11) is 0. The van der Waals surface area contributed by atoms with E-state index in [0.29, 0.717) is 5.92 Å². The monoisotopic (exact) mass is 282 g/mol. The fraction of sp³-hybridized carbons (Fsp3) is 0.294. The van der Waals surface area contributed by atoms with Crippen molar-refractivity contribution in [2.24, 2.45) is 0 Å². The molecule has 0 spiro atoms. The van der Waals surface area contributed by atoms with Gasteiger partial charge in [-0.2, -0.15) is 0 Å². The normalized spacial score (nSPS) is 20.6. The summed E-state index contributed by atoms with van der Waals surface area (Å²) in [6.45, 7) is 2.25. The van der Waals surface area contributed by atoms with Crippen LogP contribution in [0.1, 0.15) is 42.9 Å². The van der Waals surface area contributed by atoms with Crippen LogP contribution < -0.4 is 5.32 Å². The summed E-state index contributed by atoms with van der Waals surface area (Å²) in [6, 6.07) is 15.4. The molecule has 0 saturated heterocycles. The largest absolute Gasteiger partial charge is 0.378 e. The molecule has 1 aliphatic carbocycles. The fourth-order valence-electron chi connectivity index (χ4n) is 3.07. The zero-order valence-electron chi connectivity index (χ0n) is 12.0. The van der Waals surface area contributed by atoms with Crippen LogP contribution in [-0.4, -0.2) is 4.92 Å². The van der Waals surface area contributed by atoms with E-state index >= 15 is 0 Å². The molecule has 3 rings (SSSR count). The summed E-state index contributed by atoms with van der Waals surface area (Å²) in [5.74, 6) is 0.573. The summed E-state index contributed by atoms with van der Waals surface area (Å²) >= 11 is 0. The van der Waals surface area contributed by atoms with E-state index in [1.54, 1.807) is 12.1 Å². The number of nitro groups is 1. The molecule has 0 radical (unpaired) electrons. The molecule has 0 aromatic heterocycles. The Morgan fingerprint density at radius 1 is 1.10 bits per heavy atom. The molecule has 0 aliphatic heterocycles. The van der Waals surface area contributed by atoms with Gasteiger partial charge in [-0.1, -0.05) is 37.3 Å². The molecule has 4 heteroatoms. The summed E-state index contributed by atoms with van der Waals surface area (Å²) in [6.07, 6.45) is 2.17. The van der Waals surface area contributed by atoms with Gasteiger partial charge in [0, 0.05) is 17.8 Å². The first kappa shape index (κ1) is 13.6. The lowest BCUT2D eigenvalue weighted by atomic mass is 9.81. The third kappa shape index (κ3) is 2.75. The number of nitrogens with one attached hydrogen (secondary N) is 1. The van der Waals surface area contributed by atoms with Crippen LogP contribution in [0.4, 0.5) is 11.4 Å². The zero-order chi connectivity index (χ0) is 14.8. The number of hydrogen-bond acceptors (Lipinski definition) is 3. The zero-order valence-corrected chi connectivity index (χ0v) is 12.0. The van der Waals surface area contributed by atoms with Crippen molar-refractivity contribution < 1.29 is 4.92 Å². The first-order valence-corrected chi connectivity index (χ1v) is 7.25. The third-order valence-corrected chi connectivity index (χ3v) is 4.19. The molecule has 1 N–H and O–H groups in total. The Hall–Kier alpha value is -2.36. The molecule has 1 aliphatic rings. The second kappa shape index (κ2) is 5.56. The van der Waals surface area contributed by atoms with Gasteiger partial charge in [0.15, 0.2) is 0 Å². The average Bonchev–Trinajstić information content (AvgIpc) is 2.51. The SMILES string of the molecule is CC1CCC(Nc2cccc([N+](=O)[O-])c2)c2ccccc21. The Labute approximate surface area is 124 Å². The van der Waals surface area contributed by atoms with Gasteiger partial charge >= 0.3 is 0 Å². The lowest BCUT2D eigenvalue weighted by Crippen LogP contribution is -2.19. The fourth-order valence-corrected chi connectivity index (χ4v) is 3.07. The number of hydrogen-bond donors (Lipinski definition) is 1. The Bertz CT molecular complexity index is 669. The molecule has 2 unspecified atom stereocenters. The second-order valence-corrected chi connectivity index (χ2v) is 5.61. The molecule has 108 valence electrons. The number of non-ortho nitro benzene ring substituents is 1. The molecule has 2 aromatic rings. The van der Waals surface area contributed by atoms with Gasteiger partial charge in [0.25, 0.3) is 5.69 Å². The molecule has 21 heavy (non-hydrogen) atoms. The first-order valence-electron chi connectivity index (χ1n) is 7.25. The molecule has 0 heterocycles. The number of fused-ring (bicyclic) bond motifs is 1. The van der Waals surface area contributed by atoms with Crippen molar-refractivity contribution in [3.63, 3.8) is 0 Å². The van der Waals surface area contributed by atoms with E-state index in [1.807, 2.05) is 6.07 Å². The number of nitro benzene ring substituents is 1. The van der Waals surface area contributed by atoms with Crippen LogP contribution >= 0.6 is 0 Å². The summed E-state index contributed by atoms with van der Waals surface area (Å²) in [5.41, 5.74) is 3.62. The topological polar surface area (TPSA) is 55.2 Å². The second-order valence-electron chi connectivity index (χ2n) is 5.61. The predicted octanol–water partition coefficient (Wildman–Crippen LogP) is 4.65. The lowest BCUT2D eigenvalue weighted by Gasteiger charge is -2.31. The van der Waals surface area contributed by atoms with Crippen molar-refractivity contribution in [1.82, 2.24) is 0 Å². The van der Waals surface area contributed by atoms with Crippen molar-refractivity contribution in [3.8, 4) is 0 Å². The van der Waals surface area contributed by atoms with Gasteiger partial charge in [0.2, 0.25) is 0 Å². The maximum Gasteiger partial charge on any atom is 0.271 e. The van der Waals surface area contributed by atoms with E-state index in [0.717, 1.165) is 18.5 Å². The molecule has 0 bridgehead atoms. The number of benzene rings is 2. The highest BCUT2D eigenvalue weighted by molar-refractivity contribution is 5.53.